The maximum Gasteiger partial charge on any atom is 0.0314 e. The molecule has 3 heteroatoms. The van der Waals surface area contributed by atoms with Gasteiger partial charge < -0.3 is 5.32 Å². The maximum absolute atomic E-state index is 3.56. The van der Waals surface area contributed by atoms with Gasteiger partial charge in [-0.2, -0.15) is 0 Å². The minimum atomic E-state index is 0.864. The summed E-state index contributed by atoms with van der Waals surface area (Å²) < 4.78 is 1.28. The molecule has 0 atom stereocenters. The SMILES string of the molecule is Cc1sc(CCCCNC2CC2)cc1Br. The fourth-order valence-corrected chi connectivity index (χ4v) is 3.30. The number of unbranched alkanes of at least 4 members (excludes halogenated alkanes) is 1. The smallest absolute Gasteiger partial charge is 0.0314 e. The van der Waals surface area contributed by atoms with E-state index in [1.807, 2.05) is 11.3 Å². The van der Waals surface area contributed by atoms with Crippen molar-refractivity contribution in [2.75, 3.05) is 6.54 Å². The van der Waals surface area contributed by atoms with E-state index >= 15 is 0 Å². The van der Waals surface area contributed by atoms with Crippen LogP contribution in [0.5, 0.6) is 0 Å². The Balaban J connectivity index is 1.60. The predicted molar refractivity (Wildman–Crippen MR) is 70.7 cm³/mol. The van der Waals surface area contributed by atoms with Crippen molar-refractivity contribution in [3.63, 3.8) is 0 Å². The lowest BCUT2D eigenvalue weighted by atomic mass is 10.2. The summed E-state index contributed by atoms with van der Waals surface area (Å²) in [6, 6.07) is 3.14. The summed E-state index contributed by atoms with van der Waals surface area (Å²) in [6.45, 7) is 3.38. The van der Waals surface area contributed by atoms with Crippen molar-refractivity contribution in [1.82, 2.24) is 5.32 Å². The van der Waals surface area contributed by atoms with Gasteiger partial charge in [0.2, 0.25) is 0 Å². The van der Waals surface area contributed by atoms with E-state index in [9.17, 15) is 0 Å². The Morgan fingerprint density at radius 2 is 2.27 bits per heavy atom. The number of nitrogens with one attached hydrogen (secondary N) is 1. The molecule has 1 nitrogen and oxygen atoms in total. The zero-order valence-corrected chi connectivity index (χ0v) is 11.6. The van der Waals surface area contributed by atoms with Gasteiger partial charge in [0.25, 0.3) is 0 Å². The van der Waals surface area contributed by atoms with Crippen LogP contribution in [0.25, 0.3) is 0 Å². The normalized spacial score (nSPS) is 15.9. The Hall–Kier alpha value is 0.140. The van der Waals surface area contributed by atoms with Gasteiger partial charge in [-0.25, -0.2) is 0 Å². The Labute approximate surface area is 104 Å². The molecule has 0 bridgehead atoms. The highest BCUT2D eigenvalue weighted by atomic mass is 79.9. The molecule has 0 amide bonds. The van der Waals surface area contributed by atoms with E-state index in [1.54, 1.807) is 0 Å². The van der Waals surface area contributed by atoms with Crippen LogP contribution in [-0.2, 0) is 6.42 Å². The van der Waals surface area contributed by atoms with Crippen molar-refractivity contribution in [3.05, 3.63) is 20.3 Å². The Bertz CT molecular complexity index is 298. The van der Waals surface area contributed by atoms with Gasteiger partial charge in [0.05, 0.1) is 0 Å². The topological polar surface area (TPSA) is 12.0 Å². The highest BCUT2D eigenvalue weighted by Crippen LogP contribution is 2.27. The molecule has 1 aromatic heterocycles. The van der Waals surface area contributed by atoms with E-state index in [1.165, 1.54) is 52.9 Å². The molecule has 0 aromatic carbocycles. The summed E-state index contributed by atoms with van der Waals surface area (Å²) in [5, 5.41) is 3.55. The molecule has 0 aliphatic heterocycles. The zero-order chi connectivity index (χ0) is 10.7. The van der Waals surface area contributed by atoms with Crippen LogP contribution in [0.1, 0.15) is 35.4 Å². The van der Waals surface area contributed by atoms with Crippen LogP contribution in [0.4, 0.5) is 0 Å². The molecule has 0 radical (unpaired) electrons. The van der Waals surface area contributed by atoms with Crippen molar-refractivity contribution in [1.29, 1.82) is 0 Å². The van der Waals surface area contributed by atoms with Crippen LogP contribution in [0.3, 0.4) is 0 Å². The maximum atomic E-state index is 3.56. The molecule has 1 saturated carbocycles. The van der Waals surface area contributed by atoms with Gasteiger partial charge in [-0.1, -0.05) is 0 Å². The molecule has 15 heavy (non-hydrogen) atoms. The van der Waals surface area contributed by atoms with Gasteiger partial charge in [-0.15, -0.1) is 11.3 Å². The number of hydrogen-bond donors (Lipinski definition) is 1. The monoisotopic (exact) mass is 287 g/mol. The number of halogens is 1. The van der Waals surface area contributed by atoms with Crippen molar-refractivity contribution in [3.8, 4) is 0 Å². The Morgan fingerprint density at radius 1 is 1.47 bits per heavy atom. The summed E-state index contributed by atoms with van der Waals surface area (Å²) in [6.07, 6.45) is 6.66. The molecule has 1 aromatic rings. The van der Waals surface area contributed by atoms with E-state index in [0.29, 0.717) is 0 Å². The Morgan fingerprint density at radius 3 is 2.87 bits per heavy atom. The van der Waals surface area contributed by atoms with Crippen LogP contribution >= 0.6 is 27.3 Å². The molecular formula is C12H18BrNS. The molecule has 0 unspecified atom stereocenters. The van der Waals surface area contributed by atoms with E-state index in [2.05, 4.69) is 34.2 Å². The van der Waals surface area contributed by atoms with Crippen LogP contribution in [0.2, 0.25) is 0 Å². The summed E-state index contributed by atoms with van der Waals surface area (Å²) in [4.78, 5) is 2.92. The highest BCUT2D eigenvalue weighted by molar-refractivity contribution is 9.10. The average Bonchev–Trinajstić information content (AvgIpc) is 2.95. The molecule has 84 valence electrons. The third-order valence-electron chi connectivity index (χ3n) is 2.77. The summed E-state index contributed by atoms with van der Waals surface area (Å²) in [5.41, 5.74) is 0. The summed E-state index contributed by atoms with van der Waals surface area (Å²) in [5.74, 6) is 0. The van der Waals surface area contributed by atoms with E-state index < -0.39 is 0 Å². The van der Waals surface area contributed by atoms with Crippen LogP contribution in [0, 0.1) is 6.92 Å². The summed E-state index contributed by atoms with van der Waals surface area (Å²) in [7, 11) is 0. The van der Waals surface area contributed by atoms with Crippen LogP contribution in [-0.4, -0.2) is 12.6 Å². The molecule has 1 aliphatic rings. The molecule has 1 heterocycles. The quantitative estimate of drug-likeness (QED) is 0.783. The zero-order valence-electron chi connectivity index (χ0n) is 9.18. The molecular weight excluding hydrogens is 270 g/mol. The van der Waals surface area contributed by atoms with Crippen molar-refractivity contribution >= 4 is 27.3 Å². The van der Waals surface area contributed by atoms with Crippen molar-refractivity contribution in [2.45, 2.75) is 45.1 Å². The lowest BCUT2D eigenvalue weighted by molar-refractivity contribution is 0.621. The fourth-order valence-electron chi connectivity index (χ4n) is 1.66. The minimum Gasteiger partial charge on any atom is -0.314 e. The van der Waals surface area contributed by atoms with E-state index in [4.69, 9.17) is 0 Å². The largest absolute Gasteiger partial charge is 0.314 e. The van der Waals surface area contributed by atoms with E-state index in [0.717, 1.165) is 6.04 Å². The molecule has 0 saturated heterocycles. The van der Waals surface area contributed by atoms with Crippen molar-refractivity contribution < 1.29 is 0 Å². The van der Waals surface area contributed by atoms with Gasteiger partial charge in [0.15, 0.2) is 0 Å². The third kappa shape index (κ3) is 3.89. The molecule has 2 rings (SSSR count). The number of rotatable bonds is 6. The molecule has 1 fully saturated rings. The molecule has 0 spiro atoms. The van der Waals surface area contributed by atoms with Gasteiger partial charge in [0.1, 0.15) is 0 Å². The van der Waals surface area contributed by atoms with Gasteiger partial charge in [-0.05, 0) is 67.6 Å². The first-order valence-electron chi connectivity index (χ1n) is 5.74. The fraction of sp³-hybridized carbons (Fsp3) is 0.667. The van der Waals surface area contributed by atoms with E-state index in [-0.39, 0.29) is 0 Å². The second kappa shape index (κ2) is 5.46. The first kappa shape index (κ1) is 11.6. The molecule has 1 N–H and O–H groups in total. The van der Waals surface area contributed by atoms with Gasteiger partial charge in [0, 0.05) is 20.3 Å². The highest BCUT2D eigenvalue weighted by Gasteiger charge is 2.19. The minimum absolute atomic E-state index is 0.864. The van der Waals surface area contributed by atoms with Crippen molar-refractivity contribution in [2.24, 2.45) is 0 Å². The number of aryl methyl sites for hydroxylation is 2. The third-order valence-corrected chi connectivity index (χ3v) is 4.96. The summed E-state index contributed by atoms with van der Waals surface area (Å²) >= 11 is 5.49. The molecule has 1 aliphatic carbocycles. The average molecular weight is 288 g/mol. The first-order valence-corrected chi connectivity index (χ1v) is 7.35. The Kier molecular flexibility index (Phi) is 4.23. The van der Waals surface area contributed by atoms with Gasteiger partial charge in [-0.3, -0.25) is 0 Å². The standard InChI is InChI=1S/C12H18BrNS/c1-9-12(13)8-11(15-9)4-2-3-7-14-10-5-6-10/h8,10,14H,2-7H2,1H3. The lowest BCUT2D eigenvalue weighted by Crippen LogP contribution is -2.17. The second-order valence-electron chi connectivity index (χ2n) is 4.30. The number of hydrogen-bond acceptors (Lipinski definition) is 2. The first-order chi connectivity index (χ1) is 7.25. The van der Waals surface area contributed by atoms with Gasteiger partial charge >= 0.3 is 0 Å². The predicted octanol–water partition coefficient (Wildman–Crippen LogP) is 3.89. The van der Waals surface area contributed by atoms with Crippen LogP contribution in [0.15, 0.2) is 10.5 Å². The van der Waals surface area contributed by atoms with Crippen LogP contribution < -0.4 is 5.32 Å². The second-order valence-corrected chi connectivity index (χ2v) is 6.50. The number of thiophene rings is 1. The lowest BCUT2D eigenvalue weighted by Gasteiger charge is -2.01.